The topological polar surface area (TPSA) is 105 Å². The van der Waals surface area contributed by atoms with Gasteiger partial charge in [-0.2, -0.15) is 13.5 Å². The summed E-state index contributed by atoms with van der Waals surface area (Å²) in [5.74, 6) is 0. The summed E-state index contributed by atoms with van der Waals surface area (Å²) in [7, 11) is -2.49. The molecule has 0 amide bonds. The molecule has 0 bridgehead atoms. The highest BCUT2D eigenvalue weighted by atomic mass is 35.5. The maximum absolute atomic E-state index is 12.1. The Bertz CT molecular complexity index is 1020. The molecule has 23 heavy (non-hydrogen) atoms. The van der Waals surface area contributed by atoms with E-state index in [2.05, 4.69) is 10.1 Å². The number of aryl methyl sites for hydroxylation is 1. The van der Waals surface area contributed by atoms with Crippen LogP contribution in [0.15, 0.2) is 46.3 Å². The number of aromatic amines is 1. The lowest BCUT2D eigenvalue weighted by Gasteiger charge is -2.04. The van der Waals surface area contributed by atoms with Crippen molar-refractivity contribution >= 4 is 33.4 Å². The molecular weight excluding hydrogens is 342 g/mol. The summed E-state index contributed by atoms with van der Waals surface area (Å²) in [5.41, 5.74) is 1.63. The lowest BCUT2D eigenvalue weighted by Crippen LogP contribution is -2.12. The lowest BCUT2D eigenvalue weighted by molar-refractivity contribution is 0.483. The van der Waals surface area contributed by atoms with Crippen molar-refractivity contribution in [3.8, 4) is 0 Å². The van der Waals surface area contributed by atoms with Gasteiger partial charge in [-0.15, -0.1) is 12.4 Å². The Morgan fingerprint density at radius 1 is 1.30 bits per heavy atom. The predicted molar refractivity (Wildman–Crippen MR) is 87.6 cm³/mol. The molecule has 0 unspecified atom stereocenters. The van der Waals surface area contributed by atoms with Gasteiger partial charge in [-0.25, -0.2) is 0 Å². The molecular formula is C14H14ClN3O4S. The van der Waals surface area contributed by atoms with E-state index in [1.165, 1.54) is 18.2 Å². The van der Waals surface area contributed by atoms with E-state index in [-0.39, 0.29) is 22.9 Å². The van der Waals surface area contributed by atoms with E-state index in [0.717, 1.165) is 5.56 Å². The molecule has 3 rings (SSSR count). The normalized spacial score (nSPS) is 11.4. The molecule has 0 saturated carbocycles. The molecule has 0 fully saturated rings. The van der Waals surface area contributed by atoms with Crippen LogP contribution in [0.5, 0.6) is 0 Å². The maximum atomic E-state index is 12.1. The maximum Gasteiger partial charge on any atom is 0.294 e. The third-order valence-corrected chi connectivity index (χ3v) is 4.19. The Kier molecular flexibility index (Phi) is 4.60. The summed E-state index contributed by atoms with van der Waals surface area (Å²) in [6.45, 7) is 0. The second-order valence-electron chi connectivity index (χ2n) is 5.05. The van der Waals surface area contributed by atoms with Crippen molar-refractivity contribution in [2.75, 3.05) is 0 Å². The lowest BCUT2D eigenvalue weighted by atomic mass is 10.1. The number of benzene rings is 1. The van der Waals surface area contributed by atoms with Crippen molar-refractivity contribution in [3.63, 3.8) is 0 Å². The largest absolute Gasteiger partial charge is 0.322 e. The third kappa shape index (κ3) is 3.61. The van der Waals surface area contributed by atoms with E-state index in [1.54, 1.807) is 30.2 Å². The highest BCUT2D eigenvalue weighted by molar-refractivity contribution is 7.85. The molecule has 122 valence electrons. The zero-order chi connectivity index (χ0) is 15.9. The first-order chi connectivity index (χ1) is 10.3. The van der Waals surface area contributed by atoms with E-state index < -0.39 is 10.1 Å². The number of nitrogens with one attached hydrogen (secondary N) is 1. The summed E-state index contributed by atoms with van der Waals surface area (Å²) in [4.78, 5) is 14.6. The zero-order valence-electron chi connectivity index (χ0n) is 12.1. The Labute approximate surface area is 138 Å². The summed E-state index contributed by atoms with van der Waals surface area (Å²) in [6, 6.07) is 5.64. The van der Waals surface area contributed by atoms with Crippen LogP contribution in [0.25, 0.3) is 10.9 Å². The number of aromatic nitrogens is 3. The number of hydrogen-bond donors (Lipinski definition) is 2. The van der Waals surface area contributed by atoms with Crippen molar-refractivity contribution in [1.29, 1.82) is 0 Å². The van der Waals surface area contributed by atoms with E-state index in [1.807, 2.05) is 0 Å². The van der Waals surface area contributed by atoms with Crippen LogP contribution in [-0.2, 0) is 23.6 Å². The molecule has 2 heterocycles. The van der Waals surface area contributed by atoms with Gasteiger partial charge in [0.15, 0.2) is 0 Å². The van der Waals surface area contributed by atoms with Crippen LogP contribution in [0.3, 0.4) is 0 Å². The highest BCUT2D eigenvalue weighted by Crippen LogP contribution is 2.18. The number of hydrogen-bond acceptors (Lipinski definition) is 4. The van der Waals surface area contributed by atoms with Crippen LogP contribution < -0.4 is 5.56 Å². The van der Waals surface area contributed by atoms with Crippen LogP contribution >= 0.6 is 12.4 Å². The molecule has 0 aliphatic carbocycles. The van der Waals surface area contributed by atoms with Crippen molar-refractivity contribution in [2.24, 2.45) is 7.05 Å². The fraction of sp³-hybridized carbons (Fsp3) is 0.143. The molecule has 0 radical (unpaired) electrons. The highest BCUT2D eigenvalue weighted by Gasteiger charge is 2.11. The van der Waals surface area contributed by atoms with Crippen LogP contribution in [-0.4, -0.2) is 27.7 Å². The first-order valence-electron chi connectivity index (χ1n) is 6.44. The molecule has 2 N–H and O–H groups in total. The average molecular weight is 356 g/mol. The Hall–Kier alpha value is -2.16. The molecule has 2 aromatic heterocycles. The zero-order valence-corrected chi connectivity index (χ0v) is 13.7. The van der Waals surface area contributed by atoms with E-state index in [4.69, 9.17) is 4.55 Å². The van der Waals surface area contributed by atoms with E-state index in [0.29, 0.717) is 22.9 Å². The van der Waals surface area contributed by atoms with Gasteiger partial charge in [-0.1, -0.05) is 0 Å². The van der Waals surface area contributed by atoms with Gasteiger partial charge in [0.25, 0.3) is 15.7 Å². The summed E-state index contributed by atoms with van der Waals surface area (Å²) < 4.78 is 33.1. The fourth-order valence-corrected chi connectivity index (χ4v) is 2.82. The van der Waals surface area contributed by atoms with Crippen molar-refractivity contribution in [3.05, 3.63) is 58.1 Å². The third-order valence-electron chi connectivity index (χ3n) is 3.34. The van der Waals surface area contributed by atoms with Gasteiger partial charge in [0, 0.05) is 30.7 Å². The first-order valence-corrected chi connectivity index (χ1v) is 7.88. The van der Waals surface area contributed by atoms with E-state index in [9.17, 15) is 13.2 Å². The second kappa shape index (κ2) is 6.15. The molecule has 9 heteroatoms. The number of halogens is 1. The van der Waals surface area contributed by atoms with Gasteiger partial charge in [-0.3, -0.25) is 14.0 Å². The van der Waals surface area contributed by atoms with Gasteiger partial charge < -0.3 is 4.98 Å². The van der Waals surface area contributed by atoms with Crippen molar-refractivity contribution in [2.45, 2.75) is 11.3 Å². The molecule has 0 aliphatic rings. The molecule has 0 saturated heterocycles. The fourth-order valence-electron chi connectivity index (χ4n) is 2.30. The quantitative estimate of drug-likeness (QED) is 0.693. The Morgan fingerprint density at radius 2 is 2.04 bits per heavy atom. The smallest absolute Gasteiger partial charge is 0.294 e. The molecule has 3 aromatic rings. The number of nitrogens with zero attached hydrogens (tertiary/aromatic N) is 2. The molecule has 0 atom stereocenters. The number of H-pyrrole nitrogens is 1. The Balaban J connectivity index is 0.00000192. The molecule has 0 aliphatic heterocycles. The predicted octanol–water partition coefficient (Wildman–Crippen LogP) is 1.52. The van der Waals surface area contributed by atoms with Crippen LogP contribution in [0, 0.1) is 0 Å². The minimum Gasteiger partial charge on any atom is -0.322 e. The number of rotatable bonds is 3. The van der Waals surface area contributed by atoms with Crippen molar-refractivity contribution in [1.82, 2.24) is 14.8 Å². The van der Waals surface area contributed by atoms with Gasteiger partial charge in [-0.05, 0) is 35.2 Å². The average Bonchev–Trinajstić information content (AvgIpc) is 2.83. The minimum atomic E-state index is -4.28. The second-order valence-corrected chi connectivity index (χ2v) is 6.47. The summed E-state index contributed by atoms with van der Waals surface area (Å²) in [5, 5.41) is 4.58. The van der Waals surface area contributed by atoms with Crippen molar-refractivity contribution < 1.29 is 13.0 Å². The van der Waals surface area contributed by atoms with Gasteiger partial charge >= 0.3 is 0 Å². The number of fused-ring (bicyclic) bond motifs is 1. The molecule has 7 nitrogen and oxygen atoms in total. The van der Waals surface area contributed by atoms with Gasteiger partial charge in [0.2, 0.25) is 0 Å². The molecule has 1 aromatic carbocycles. The van der Waals surface area contributed by atoms with Crippen LogP contribution in [0.4, 0.5) is 0 Å². The molecule has 0 spiro atoms. The van der Waals surface area contributed by atoms with Gasteiger partial charge in [0.1, 0.15) is 0 Å². The monoisotopic (exact) mass is 355 g/mol. The summed E-state index contributed by atoms with van der Waals surface area (Å²) >= 11 is 0. The SMILES string of the molecule is Cl.Cn1cc(Cc2cc3cc(S(=O)(=O)O)ccc3[nH]c2=O)cn1. The van der Waals surface area contributed by atoms with Crippen LogP contribution in [0.1, 0.15) is 11.1 Å². The van der Waals surface area contributed by atoms with E-state index >= 15 is 0 Å². The minimum absolute atomic E-state index is 0. The first kappa shape index (κ1) is 17.2. The number of pyridine rings is 1. The standard InChI is InChI=1S/C14H13N3O4S.ClH/c1-17-8-9(7-15-17)4-11-5-10-6-12(22(19,20)21)2-3-13(10)16-14(11)18;/h2-3,5-8H,4H2,1H3,(H,16,18)(H,19,20,21);1H. The van der Waals surface area contributed by atoms with Crippen LogP contribution in [0.2, 0.25) is 0 Å². The Morgan fingerprint density at radius 3 is 2.65 bits per heavy atom. The summed E-state index contributed by atoms with van der Waals surface area (Å²) in [6.07, 6.45) is 3.85. The van der Waals surface area contributed by atoms with Gasteiger partial charge in [0.05, 0.1) is 11.1 Å².